The topological polar surface area (TPSA) is 46.5 Å². The molecule has 0 unspecified atom stereocenters. The van der Waals surface area contributed by atoms with Crippen LogP contribution >= 0.6 is 0 Å². The second-order valence-electron chi connectivity index (χ2n) is 8.39. The maximum Gasteiger partial charge on any atom is 0.303 e. The first-order valence-corrected chi connectivity index (χ1v) is 12.4. The molecule has 0 radical (unpaired) electrons. The number of aliphatic hydroxyl groups excluding tert-OH is 1. The Kier molecular flexibility index (Phi) is 16.5. The predicted octanol–water partition coefficient (Wildman–Crippen LogP) is 7.42. The van der Waals surface area contributed by atoms with Crippen molar-refractivity contribution in [1.29, 1.82) is 0 Å². The lowest BCUT2D eigenvalue weighted by Crippen LogP contribution is -2.13. The van der Waals surface area contributed by atoms with Crippen LogP contribution in [0.1, 0.15) is 102 Å². The van der Waals surface area contributed by atoms with E-state index in [2.05, 4.69) is 37.3 Å². The van der Waals surface area contributed by atoms with Crippen LogP contribution in [0.25, 0.3) is 6.08 Å². The van der Waals surface area contributed by atoms with Crippen LogP contribution in [0.5, 0.6) is 0 Å². The third kappa shape index (κ3) is 14.7. The quantitative estimate of drug-likeness (QED) is 0.150. The number of ether oxygens (including phenoxy) is 1. The molecule has 0 aliphatic rings. The molecule has 0 spiro atoms. The number of carbonyl (C=O) groups excluding carboxylic acids is 1. The van der Waals surface area contributed by atoms with Gasteiger partial charge in [0.15, 0.2) is 0 Å². The van der Waals surface area contributed by atoms with Crippen molar-refractivity contribution in [3.8, 4) is 0 Å². The van der Waals surface area contributed by atoms with Crippen molar-refractivity contribution in [1.82, 2.24) is 0 Å². The van der Waals surface area contributed by atoms with Gasteiger partial charge in [0.25, 0.3) is 0 Å². The molecule has 1 aromatic carbocycles. The lowest BCUT2D eigenvalue weighted by molar-refractivity contribution is -0.144. The van der Waals surface area contributed by atoms with E-state index in [0.29, 0.717) is 0 Å². The number of hydrogen-bond donors (Lipinski definition) is 1. The molecule has 0 heterocycles. The average molecular weight is 429 g/mol. The maximum absolute atomic E-state index is 11.4. The van der Waals surface area contributed by atoms with Crippen LogP contribution in [-0.4, -0.2) is 23.8 Å². The fourth-order valence-corrected chi connectivity index (χ4v) is 3.76. The number of allylic oxidation sites excluding steroid dienone is 2. The Morgan fingerprint density at radius 3 is 2.32 bits per heavy atom. The molecule has 0 bridgehead atoms. The van der Waals surface area contributed by atoms with Crippen molar-refractivity contribution in [2.45, 2.75) is 103 Å². The molecule has 0 amide bonds. The molecule has 1 N–H and O–H groups in total. The minimum atomic E-state index is -0.216. The zero-order valence-corrected chi connectivity index (χ0v) is 19.9. The van der Waals surface area contributed by atoms with Crippen LogP contribution in [0.4, 0.5) is 0 Å². The van der Waals surface area contributed by atoms with Gasteiger partial charge in [0, 0.05) is 13.5 Å². The summed E-state index contributed by atoms with van der Waals surface area (Å²) in [5.74, 6) is -0.216. The first-order chi connectivity index (χ1) is 15.2. The van der Waals surface area contributed by atoms with Gasteiger partial charge in [-0.25, -0.2) is 0 Å². The number of unbranched alkanes of at least 4 members (excludes halogenated alkanes) is 9. The third-order valence-electron chi connectivity index (χ3n) is 5.53. The van der Waals surface area contributed by atoms with Gasteiger partial charge in [0.1, 0.15) is 6.10 Å². The first kappa shape index (κ1) is 27.2. The minimum absolute atomic E-state index is 0.143. The van der Waals surface area contributed by atoms with E-state index in [9.17, 15) is 4.79 Å². The van der Waals surface area contributed by atoms with E-state index in [1.807, 2.05) is 18.2 Å². The Balaban J connectivity index is 2.45. The van der Waals surface area contributed by atoms with Gasteiger partial charge in [-0.15, -0.1) is 0 Å². The van der Waals surface area contributed by atoms with Gasteiger partial charge in [0.05, 0.1) is 0 Å². The number of benzene rings is 1. The van der Waals surface area contributed by atoms with Crippen molar-refractivity contribution < 1.29 is 14.6 Å². The molecule has 3 nitrogen and oxygen atoms in total. The molecule has 0 fully saturated rings. The second-order valence-corrected chi connectivity index (χ2v) is 8.39. The Hall–Kier alpha value is -1.87. The molecule has 31 heavy (non-hydrogen) atoms. The van der Waals surface area contributed by atoms with E-state index in [1.165, 1.54) is 63.0 Å². The third-order valence-corrected chi connectivity index (χ3v) is 5.53. The number of hydrogen-bond acceptors (Lipinski definition) is 3. The van der Waals surface area contributed by atoms with Gasteiger partial charge in [-0.2, -0.15) is 0 Å². The lowest BCUT2D eigenvalue weighted by atomic mass is 10.0. The zero-order chi connectivity index (χ0) is 22.6. The Morgan fingerprint density at radius 1 is 0.935 bits per heavy atom. The Morgan fingerprint density at radius 2 is 1.61 bits per heavy atom. The highest BCUT2D eigenvalue weighted by Crippen LogP contribution is 2.16. The normalized spacial score (nSPS) is 12.6. The predicted molar refractivity (Wildman–Crippen MR) is 132 cm³/mol. The molecule has 1 aromatic rings. The lowest BCUT2D eigenvalue weighted by Gasteiger charge is -2.12. The van der Waals surface area contributed by atoms with Crippen LogP contribution in [0, 0.1) is 0 Å². The van der Waals surface area contributed by atoms with Crippen LogP contribution in [0.2, 0.25) is 0 Å². The summed E-state index contributed by atoms with van der Waals surface area (Å²) >= 11 is 0. The van der Waals surface area contributed by atoms with Crippen molar-refractivity contribution in [3.05, 3.63) is 53.6 Å². The van der Waals surface area contributed by atoms with Crippen molar-refractivity contribution in [2.75, 3.05) is 6.61 Å². The summed E-state index contributed by atoms with van der Waals surface area (Å²) in [6.07, 6.45) is 23.2. The van der Waals surface area contributed by atoms with Crippen molar-refractivity contribution in [2.24, 2.45) is 0 Å². The monoisotopic (exact) mass is 428 g/mol. The van der Waals surface area contributed by atoms with Crippen LogP contribution < -0.4 is 0 Å². The summed E-state index contributed by atoms with van der Waals surface area (Å²) in [6, 6.07) is 8.45. The smallest absolute Gasteiger partial charge is 0.303 e. The van der Waals surface area contributed by atoms with Crippen molar-refractivity contribution in [3.63, 3.8) is 0 Å². The molecule has 1 rings (SSSR count). The summed E-state index contributed by atoms with van der Waals surface area (Å²) in [6.45, 7) is 4.00. The first-order valence-electron chi connectivity index (χ1n) is 12.4. The van der Waals surface area contributed by atoms with Crippen LogP contribution in [0.3, 0.4) is 0 Å². The zero-order valence-electron chi connectivity index (χ0n) is 19.9. The van der Waals surface area contributed by atoms with E-state index in [1.54, 1.807) is 0 Å². The number of aryl methyl sites for hydroxylation is 1. The van der Waals surface area contributed by atoms with E-state index < -0.39 is 0 Å². The molecule has 0 aromatic heterocycles. The van der Waals surface area contributed by atoms with Crippen LogP contribution in [-0.2, 0) is 16.0 Å². The maximum atomic E-state index is 11.4. The molecular formula is C28H44O3. The Labute approximate surface area is 190 Å². The summed E-state index contributed by atoms with van der Waals surface area (Å²) < 4.78 is 5.48. The van der Waals surface area contributed by atoms with Gasteiger partial charge in [-0.05, 0) is 49.3 Å². The number of aliphatic hydroxyl groups is 1. The molecule has 0 aliphatic carbocycles. The van der Waals surface area contributed by atoms with Gasteiger partial charge in [-0.1, -0.05) is 101 Å². The standard InChI is InChI=1S/C28H44O3/c1-3-4-5-6-7-8-9-12-22-28(31-25(2)30)23-16-15-21-27-20-14-13-19-26(27)18-11-10-17-24-29/h13-16,19-21,23,28-29H,3-12,17-18,22,24H2,1-2H3/b21-15+,23-16+/t28-/m0/s1. The second kappa shape index (κ2) is 18.9. The SMILES string of the molecule is CCCCCCCCCC[C@@H](/C=C/C=C/c1ccccc1CCCCCO)OC(C)=O. The summed E-state index contributed by atoms with van der Waals surface area (Å²) in [7, 11) is 0. The van der Waals surface area contributed by atoms with Gasteiger partial charge >= 0.3 is 5.97 Å². The highest BCUT2D eigenvalue weighted by Gasteiger charge is 2.07. The van der Waals surface area contributed by atoms with Gasteiger partial charge in [-0.3, -0.25) is 4.79 Å². The molecule has 0 saturated heterocycles. The highest BCUT2D eigenvalue weighted by atomic mass is 16.5. The van der Waals surface area contributed by atoms with Gasteiger partial charge < -0.3 is 9.84 Å². The van der Waals surface area contributed by atoms with E-state index in [-0.39, 0.29) is 18.7 Å². The molecule has 0 aliphatic heterocycles. The van der Waals surface area contributed by atoms with Crippen LogP contribution in [0.15, 0.2) is 42.5 Å². The summed E-state index contributed by atoms with van der Waals surface area (Å²) in [5.41, 5.74) is 2.56. The molecule has 174 valence electrons. The van der Waals surface area contributed by atoms with E-state index in [4.69, 9.17) is 9.84 Å². The average Bonchev–Trinajstić information content (AvgIpc) is 2.76. The number of carbonyl (C=O) groups is 1. The molecule has 0 saturated carbocycles. The minimum Gasteiger partial charge on any atom is -0.458 e. The Bertz CT molecular complexity index is 633. The largest absolute Gasteiger partial charge is 0.458 e. The highest BCUT2D eigenvalue weighted by molar-refractivity contribution is 5.66. The van der Waals surface area contributed by atoms with Crippen molar-refractivity contribution >= 4 is 12.0 Å². The summed E-state index contributed by atoms with van der Waals surface area (Å²) in [4.78, 5) is 11.4. The fourth-order valence-electron chi connectivity index (χ4n) is 3.76. The molecular weight excluding hydrogens is 384 g/mol. The van der Waals surface area contributed by atoms with E-state index >= 15 is 0 Å². The molecule has 1 atom stereocenters. The van der Waals surface area contributed by atoms with E-state index in [0.717, 1.165) is 38.5 Å². The number of rotatable bonds is 18. The van der Waals surface area contributed by atoms with Gasteiger partial charge in [0.2, 0.25) is 0 Å². The summed E-state index contributed by atoms with van der Waals surface area (Å²) in [5, 5.41) is 8.93. The molecule has 3 heteroatoms. The number of esters is 1. The fraction of sp³-hybridized carbons (Fsp3) is 0.607.